The van der Waals surface area contributed by atoms with Gasteiger partial charge < -0.3 is 34.9 Å². The molecule has 0 radical (unpaired) electrons. The van der Waals surface area contributed by atoms with E-state index >= 15 is 0 Å². The van der Waals surface area contributed by atoms with Crippen LogP contribution in [0.3, 0.4) is 0 Å². The van der Waals surface area contributed by atoms with Crippen LogP contribution in [0.4, 0.5) is 11.5 Å². The number of ether oxygens (including phenoxy) is 1. The highest BCUT2D eigenvalue weighted by atomic mass is 35.5. The predicted molar refractivity (Wildman–Crippen MR) is 153 cm³/mol. The van der Waals surface area contributed by atoms with E-state index in [2.05, 4.69) is 20.2 Å². The first-order chi connectivity index (χ1) is 19.6. The van der Waals surface area contributed by atoms with E-state index in [1.165, 1.54) is 33.8 Å². The van der Waals surface area contributed by atoms with E-state index in [0.29, 0.717) is 34.5 Å². The Bertz CT molecular complexity index is 1770. The van der Waals surface area contributed by atoms with E-state index in [9.17, 15) is 19.5 Å². The fourth-order valence-corrected chi connectivity index (χ4v) is 5.83. The van der Waals surface area contributed by atoms with E-state index < -0.39 is 17.6 Å². The van der Waals surface area contributed by atoms with Crippen LogP contribution in [-0.4, -0.2) is 62.3 Å². The standard InChI is InChI=1S/C27H25Cl2N7O5/c1-34-12-32-26-23(27(34)40)17(13-2-16(25(30)39)24(38)18(28)3-13)8-36(26)9-22(37)33-20-4-21(31-5-19(20)29)35-6-14-10-41-11-15(14)7-35/h2-5,8,12,14-15,38H,6-7,9-11H2,1H3,(H2,30,39)(H,31,33,37). The number of aromatic nitrogens is 4. The number of fused-ring (bicyclic) bond motifs is 2. The molecule has 0 saturated carbocycles. The zero-order valence-electron chi connectivity index (χ0n) is 21.8. The molecule has 2 atom stereocenters. The van der Waals surface area contributed by atoms with Crippen molar-refractivity contribution in [3.8, 4) is 16.9 Å². The molecular weight excluding hydrogens is 573 g/mol. The lowest BCUT2D eigenvalue weighted by Gasteiger charge is -2.19. The molecule has 1 aromatic carbocycles. The molecule has 5 heterocycles. The summed E-state index contributed by atoms with van der Waals surface area (Å²) in [6.07, 6.45) is 4.43. The minimum Gasteiger partial charge on any atom is -0.506 e. The summed E-state index contributed by atoms with van der Waals surface area (Å²) in [7, 11) is 1.55. The monoisotopic (exact) mass is 597 g/mol. The summed E-state index contributed by atoms with van der Waals surface area (Å²) in [5, 5.41) is 13.4. The van der Waals surface area contributed by atoms with Crippen molar-refractivity contribution in [2.45, 2.75) is 6.54 Å². The van der Waals surface area contributed by atoms with Gasteiger partial charge in [0.15, 0.2) is 0 Å². The SMILES string of the molecule is Cn1cnc2c(c(-c3cc(Cl)c(O)c(C(N)=O)c3)cn2CC(=O)Nc2cc(N3CC4COCC4C3)ncc2Cl)c1=O. The first-order valence-corrected chi connectivity index (χ1v) is 13.5. The van der Waals surface area contributed by atoms with E-state index in [4.69, 9.17) is 33.7 Å². The lowest BCUT2D eigenvalue weighted by molar-refractivity contribution is -0.116. The molecular formula is C27H25Cl2N7O5. The number of benzene rings is 1. The van der Waals surface area contributed by atoms with Crippen LogP contribution in [0.25, 0.3) is 22.2 Å². The molecule has 0 spiro atoms. The van der Waals surface area contributed by atoms with Crippen LogP contribution in [0.2, 0.25) is 10.0 Å². The molecule has 12 nitrogen and oxygen atoms in total. The van der Waals surface area contributed by atoms with Crippen molar-refractivity contribution >= 4 is 57.6 Å². The Kier molecular flexibility index (Phi) is 6.84. The van der Waals surface area contributed by atoms with E-state index in [1.807, 2.05) is 0 Å². The highest BCUT2D eigenvalue weighted by Crippen LogP contribution is 2.37. The van der Waals surface area contributed by atoms with Crippen LogP contribution < -0.4 is 21.5 Å². The predicted octanol–water partition coefficient (Wildman–Crippen LogP) is 2.63. The number of phenols is 1. The largest absolute Gasteiger partial charge is 0.506 e. The van der Waals surface area contributed by atoms with Gasteiger partial charge in [-0.3, -0.25) is 14.4 Å². The number of aromatic hydroxyl groups is 1. The average Bonchev–Trinajstić information content (AvgIpc) is 3.63. The van der Waals surface area contributed by atoms with Gasteiger partial charge in [-0.05, 0) is 17.7 Å². The molecule has 4 aromatic rings. The van der Waals surface area contributed by atoms with Crippen LogP contribution in [0.15, 0.2) is 41.7 Å². The Balaban J connectivity index is 1.32. The first-order valence-electron chi connectivity index (χ1n) is 12.8. The fraction of sp³-hybridized carbons (Fsp3) is 0.296. The quantitative estimate of drug-likeness (QED) is 0.306. The molecule has 2 aliphatic heterocycles. The van der Waals surface area contributed by atoms with Gasteiger partial charge in [-0.25, -0.2) is 9.97 Å². The lowest BCUT2D eigenvalue weighted by Crippen LogP contribution is -2.24. The third-order valence-electron chi connectivity index (χ3n) is 7.57. The minimum atomic E-state index is -0.889. The van der Waals surface area contributed by atoms with E-state index in [0.717, 1.165) is 26.3 Å². The van der Waals surface area contributed by atoms with Gasteiger partial charge >= 0.3 is 0 Å². The van der Waals surface area contributed by atoms with Crippen molar-refractivity contribution in [2.75, 3.05) is 36.5 Å². The van der Waals surface area contributed by atoms with Gasteiger partial charge in [-0.2, -0.15) is 0 Å². The van der Waals surface area contributed by atoms with Crippen molar-refractivity contribution in [1.82, 2.24) is 19.1 Å². The number of amides is 2. The van der Waals surface area contributed by atoms with Crippen molar-refractivity contribution in [1.29, 1.82) is 0 Å². The van der Waals surface area contributed by atoms with Gasteiger partial charge in [0.25, 0.3) is 11.5 Å². The molecule has 2 aliphatic rings. The van der Waals surface area contributed by atoms with Crippen LogP contribution in [0.1, 0.15) is 10.4 Å². The Morgan fingerprint density at radius 3 is 2.59 bits per heavy atom. The number of rotatable bonds is 6. The Labute approximate surface area is 243 Å². The second kappa shape index (κ2) is 10.4. The number of nitrogens with one attached hydrogen (secondary N) is 1. The van der Waals surface area contributed by atoms with Crippen molar-refractivity contribution in [3.63, 3.8) is 0 Å². The van der Waals surface area contributed by atoms with Crippen LogP contribution in [0, 0.1) is 11.8 Å². The maximum atomic E-state index is 13.2. The highest BCUT2D eigenvalue weighted by molar-refractivity contribution is 6.34. The topological polar surface area (TPSA) is 158 Å². The molecule has 0 bridgehead atoms. The zero-order valence-corrected chi connectivity index (χ0v) is 23.3. The summed E-state index contributed by atoms with van der Waals surface area (Å²) < 4.78 is 8.37. The molecule has 2 unspecified atom stereocenters. The number of hydrogen-bond donors (Lipinski definition) is 3. The molecule has 6 rings (SSSR count). The third kappa shape index (κ3) is 4.88. The number of halogens is 2. The minimum absolute atomic E-state index is 0.118. The second-order valence-corrected chi connectivity index (χ2v) is 11.1. The fourth-order valence-electron chi connectivity index (χ4n) is 5.46. The Morgan fingerprint density at radius 1 is 1.15 bits per heavy atom. The number of aryl methyl sites for hydroxylation is 1. The lowest BCUT2D eigenvalue weighted by atomic mass is 10.0. The highest BCUT2D eigenvalue weighted by Gasteiger charge is 2.37. The summed E-state index contributed by atoms with van der Waals surface area (Å²) in [6, 6.07) is 4.50. The van der Waals surface area contributed by atoms with Gasteiger partial charge in [0.2, 0.25) is 5.91 Å². The Hall–Kier alpha value is -4.13. The molecule has 3 aromatic heterocycles. The number of pyridine rings is 1. The summed E-state index contributed by atoms with van der Waals surface area (Å²) in [5.74, 6) is -0.125. The molecule has 14 heteroatoms. The van der Waals surface area contributed by atoms with Crippen LogP contribution in [-0.2, 0) is 23.1 Å². The molecule has 2 amide bonds. The normalized spacial score (nSPS) is 18.2. The molecule has 41 heavy (non-hydrogen) atoms. The summed E-state index contributed by atoms with van der Waals surface area (Å²) in [4.78, 5) is 49.3. The second-order valence-electron chi connectivity index (χ2n) is 10.3. The number of carbonyl (C=O) groups excluding carboxylic acids is 2. The van der Waals surface area contributed by atoms with Gasteiger partial charge in [0, 0.05) is 49.8 Å². The van der Waals surface area contributed by atoms with Gasteiger partial charge in [-0.15, -0.1) is 0 Å². The van der Waals surface area contributed by atoms with Crippen molar-refractivity contribution < 1.29 is 19.4 Å². The molecule has 2 saturated heterocycles. The van der Waals surface area contributed by atoms with E-state index in [-0.39, 0.29) is 38.7 Å². The number of carbonyl (C=O) groups is 2. The third-order valence-corrected chi connectivity index (χ3v) is 8.16. The number of hydrogen-bond acceptors (Lipinski definition) is 8. The van der Waals surface area contributed by atoms with Gasteiger partial charge in [0.05, 0.1) is 52.4 Å². The maximum Gasteiger partial charge on any atom is 0.263 e. The maximum absolute atomic E-state index is 13.2. The van der Waals surface area contributed by atoms with Crippen molar-refractivity contribution in [2.24, 2.45) is 24.6 Å². The number of primary amides is 1. The summed E-state index contributed by atoms with van der Waals surface area (Å²) in [5.41, 5.74) is 6.19. The number of nitrogens with two attached hydrogens (primary N) is 1. The summed E-state index contributed by atoms with van der Waals surface area (Å²) in [6.45, 7) is 2.92. The molecule has 2 fully saturated rings. The zero-order chi connectivity index (χ0) is 29.0. The molecule has 212 valence electrons. The van der Waals surface area contributed by atoms with Crippen LogP contribution in [0.5, 0.6) is 5.75 Å². The van der Waals surface area contributed by atoms with E-state index in [1.54, 1.807) is 19.3 Å². The smallest absolute Gasteiger partial charge is 0.263 e. The number of nitrogens with zero attached hydrogens (tertiary/aromatic N) is 5. The average molecular weight is 598 g/mol. The molecule has 0 aliphatic carbocycles. The number of anilines is 2. The Morgan fingerprint density at radius 2 is 1.88 bits per heavy atom. The van der Waals surface area contributed by atoms with Gasteiger partial charge in [-0.1, -0.05) is 23.2 Å². The first kappa shape index (κ1) is 27.1. The molecule has 4 N–H and O–H groups in total. The van der Waals surface area contributed by atoms with Crippen LogP contribution >= 0.6 is 23.2 Å². The summed E-state index contributed by atoms with van der Waals surface area (Å²) >= 11 is 12.5. The van der Waals surface area contributed by atoms with Gasteiger partial charge in [0.1, 0.15) is 23.8 Å². The van der Waals surface area contributed by atoms with Crippen molar-refractivity contribution in [3.05, 3.63) is 62.9 Å².